The second-order valence-electron chi connectivity index (χ2n) is 4.63. The highest BCUT2D eigenvalue weighted by Crippen LogP contribution is 2.19. The smallest absolute Gasteiger partial charge is 0.0332 e. The number of nitrogens with zero attached hydrogens (tertiary/aromatic N) is 1. The first-order chi connectivity index (χ1) is 8.08. The summed E-state index contributed by atoms with van der Waals surface area (Å²) in [6, 6.07) is 0.602. The third kappa shape index (κ3) is 3.90. The van der Waals surface area contributed by atoms with Gasteiger partial charge in [0.2, 0.25) is 0 Å². The molecule has 1 heterocycles. The SMILES string of the molecule is C=C/C(C)=C\C=C(/C)C(=C)N1CCC(NC)C1. The summed E-state index contributed by atoms with van der Waals surface area (Å²) in [7, 11) is 2.02. The van der Waals surface area contributed by atoms with Crippen molar-refractivity contribution in [1.82, 2.24) is 10.2 Å². The number of hydrogen-bond donors (Lipinski definition) is 1. The van der Waals surface area contributed by atoms with Crippen LogP contribution in [0.4, 0.5) is 0 Å². The molecular formula is C15H24N2. The van der Waals surface area contributed by atoms with Crippen LogP contribution in [-0.4, -0.2) is 31.1 Å². The van der Waals surface area contributed by atoms with Crippen molar-refractivity contribution in [3.05, 3.63) is 48.2 Å². The molecule has 0 aromatic carbocycles. The van der Waals surface area contributed by atoms with Gasteiger partial charge in [-0.1, -0.05) is 37.0 Å². The van der Waals surface area contributed by atoms with Crippen LogP contribution >= 0.6 is 0 Å². The normalized spacial score (nSPS) is 21.8. The van der Waals surface area contributed by atoms with Crippen LogP contribution in [0.15, 0.2) is 48.2 Å². The Morgan fingerprint density at radius 1 is 1.35 bits per heavy atom. The molecule has 0 aromatic rings. The van der Waals surface area contributed by atoms with E-state index in [0.29, 0.717) is 6.04 Å². The molecule has 1 fully saturated rings. The monoisotopic (exact) mass is 232 g/mol. The molecule has 0 amide bonds. The molecule has 2 nitrogen and oxygen atoms in total. The van der Waals surface area contributed by atoms with E-state index in [1.807, 2.05) is 20.0 Å². The zero-order valence-electron chi connectivity index (χ0n) is 11.3. The van der Waals surface area contributed by atoms with E-state index >= 15 is 0 Å². The lowest BCUT2D eigenvalue weighted by Crippen LogP contribution is -2.29. The summed E-state index contributed by atoms with van der Waals surface area (Å²) in [5.74, 6) is 0. The molecule has 0 aromatic heterocycles. The number of likely N-dealkylation sites (N-methyl/N-ethyl adjacent to an activating group) is 1. The zero-order chi connectivity index (χ0) is 12.8. The molecule has 0 spiro atoms. The van der Waals surface area contributed by atoms with Crippen molar-refractivity contribution in [3.63, 3.8) is 0 Å². The van der Waals surface area contributed by atoms with Crippen LogP contribution in [0.25, 0.3) is 0 Å². The van der Waals surface area contributed by atoms with Crippen molar-refractivity contribution in [3.8, 4) is 0 Å². The van der Waals surface area contributed by atoms with Crippen molar-refractivity contribution in [2.75, 3.05) is 20.1 Å². The zero-order valence-corrected chi connectivity index (χ0v) is 11.3. The Morgan fingerprint density at radius 3 is 2.59 bits per heavy atom. The molecule has 0 saturated carbocycles. The Labute approximate surface area is 105 Å². The van der Waals surface area contributed by atoms with E-state index in [2.05, 4.69) is 42.5 Å². The largest absolute Gasteiger partial charge is 0.370 e. The second-order valence-corrected chi connectivity index (χ2v) is 4.63. The molecule has 94 valence electrons. The Balaban J connectivity index is 2.61. The number of hydrogen-bond acceptors (Lipinski definition) is 2. The molecule has 1 N–H and O–H groups in total. The fraction of sp³-hybridized carbons (Fsp3) is 0.467. The topological polar surface area (TPSA) is 15.3 Å². The van der Waals surface area contributed by atoms with Gasteiger partial charge in [0.1, 0.15) is 0 Å². The third-order valence-corrected chi connectivity index (χ3v) is 3.35. The summed E-state index contributed by atoms with van der Waals surface area (Å²) in [6.45, 7) is 14.2. The number of nitrogens with one attached hydrogen (secondary N) is 1. The predicted octanol–water partition coefficient (Wildman–Crippen LogP) is 2.87. The van der Waals surface area contributed by atoms with Crippen LogP contribution in [0.5, 0.6) is 0 Å². The van der Waals surface area contributed by atoms with Crippen LogP contribution in [-0.2, 0) is 0 Å². The maximum absolute atomic E-state index is 4.18. The molecule has 0 radical (unpaired) electrons. The second kappa shape index (κ2) is 6.45. The van der Waals surface area contributed by atoms with E-state index in [9.17, 15) is 0 Å². The first-order valence-corrected chi connectivity index (χ1v) is 6.17. The van der Waals surface area contributed by atoms with Gasteiger partial charge in [0.05, 0.1) is 0 Å². The maximum Gasteiger partial charge on any atom is 0.0332 e. The van der Waals surface area contributed by atoms with Gasteiger partial charge in [-0.15, -0.1) is 0 Å². The number of allylic oxidation sites excluding steroid dienone is 5. The molecule has 0 bridgehead atoms. The van der Waals surface area contributed by atoms with Crippen molar-refractivity contribution in [2.24, 2.45) is 0 Å². The molecule has 1 rings (SSSR count). The van der Waals surface area contributed by atoms with E-state index in [-0.39, 0.29) is 0 Å². The minimum Gasteiger partial charge on any atom is -0.370 e. The van der Waals surface area contributed by atoms with E-state index < -0.39 is 0 Å². The van der Waals surface area contributed by atoms with Gasteiger partial charge < -0.3 is 10.2 Å². The fourth-order valence-corrected chi connectivity index (χ4v) is 1.91. The summed E-state index contributed by atoms with van der Waals surface area (Å²) < 4.78 is 0. The van der Waals surface area contributed by atoms with Gasteiger partial charge in [-0.3, -0.25) is 0 Å². The fourth-order valence-electron chi connectivity index (χ4n) is 1.91. The summed E-state index contributed by atoms with van der Waals surface area (Å²) in [4.78, 5) is 2.35. The lowest BCUT2D eigenvalue weighted by molar-refractivity contribution is 0.420. The molecule has 1 aliphatic rings. The Morgan fingerprint density at radius 2 is 2.06 bits per heavy atom. The van der Waals surface area contributed by atoms with Gasteiger partial charge in [0.25, 0.3) is 0 Å². The van der Waals surface area contributed by atoms with Gasteiger partial charge in [0.15, 0.2) is 0 Å². The van der Waals surface area contributed by atoms with Crippen LogP contribution in [0.2, 0.25) is 0 Å². The van der Waals surface area contributed by atoms with Crippen molar-refractivity contribution < 1.29 is 0 Å². The highest BCUT2D eigenvalue weighted by atomic mass is 15.2. The van der Waals surface area contributed by atoms with Gasteiger partial charge >= 0.3 is 0 Å². The van der Waals surface area contributed by atoms with E-state index in [4.69, 9.17) is 0 Å². The molecule has 1 aliphatic heterocycles. The van der Waals surface area contributed by atoms with Gasteiger partial charge in [-0.25, -0.2) is 0 Å². The van der Waals surface area contributed by atoms with E-state index in [0.717, 1.165) is 18.8 Å². The average molecular weight is 232 g/mol. The van der Waals surface area contributed by atoms with Crippen molar-refractivity contribution >= 4 is 0 Å². The van der Waals surface area contributed by atoms with E-state index in [1.165, 1.54) is 17.6 Å². The number of rotatable bonds is 5. The maximum atomic E-state index is 4.18. The summed E-state index contributed by atoms with van der Waals surface area (Å²) in [5, 5.41) is 3.32. The van der Waals surface area contributed by atoms with Crippen LogP contribution < -0.4 is 5.32 Å². The third-order valence-electron chi connectivity index (χ3n) is 3.35. The molecule has 0 aliphatic carbocycles. The van der Waals surface area contributed by atoms with Crippen molar-refractivity contribution in [1.29, 1.82) is 0 Å². The van der Waals surface area contributed by atoms with Gasteiger partial charge in [-0.05, 0) is 32.9 Å². The Bertz CT molecular complexity index is 350. The van der Waals surface area contributed by atoms with Gasteiger partial charge in [-0.2, -0.15) is 0 Å². The molecule has 17 heavy (non-hydrogen) atoms. The molecule has 1 atom stereocenters. The predicted molar refractivity (Wildman–Crippen MR) is 75.9 cm³/mol. The minimum atomic E-state index is 0.602. The average Bonchev–Trinajstić information content (AvgIpc) is 2.83. The van der Waals surface area contributed by atoms with Crippen LogP contribution in [0.1, 0.15) is 20.3 Å². The molecule has 1 unspecified atom stereocenters. The minimum absolute atomic E-state index is 0.602. The molecule has 2 heteroatoms. The standard InChI is InChI=1S/C15H24N2/c1-6-12(2)7-8-13(3)14(4)17-10-9-15(11-17)16-5/h6-8,15-16H,1,4,9-11H2,2-3,5H3/b12-7-,13-8+. The Kier molecular flexibility index (Phi) is 5.23. The van der Waals surface area contributed by atoms with Crippen molar-refractivity contribution in [2.45, 2.75) is 26.3 Å². The lowest BCUT2D eigenvalue weighted by Gasteiger charge is -2.21. The lowest BCUT2D eigenvalue weighted by atomic mass is 10.1. The highest BCUT2D eigenvalue weighted by Gasteiger charge is 2.21. The summed E-state index contributed by atoms with van der Waals surface area (Å²) in [5.41, 5.74) is 3.53. The first kappa shape index (κ1) is 13.8. The number of likely N-dealkylation sites (tertiary alicyclic amines) is 1. The highest BCUT2D eigenvalue weighted by molar-refractivity contribution is 5.32. The molecule has 1 saturated heterocycles. The molecular weight excluding hydrogens is 208 g/mol. The van der Waals surface area contributed by atoms with Crippen LogP contribution in [0, 0.1) is 0 Å². The van der Waals surface area contributed by atoms with E-state index in [1.54, 1.807) is 0 Å². The first-order valence-electron chi connectivity index (χ1n) is 6.17. The summed E-state index contributed by atoms with van der Waals surface area (Å²) >= 11 is 0. The van der Waals surface area contributed by atoms with Gasteiger partial charge in [0, 0.05) is 24.8 Å². The van der Waals surface area contributed by atoms with Crippen LogP contribution in [0.3, 0.4) is 0 Å². The Hall–Kier alpha value is -1.28. The summed E-state index contributed by atoms with van der Waals surface area (Å²) in [6.07, 6.45) is 7.26. The quantitative estimate of drug-likeness (QED) is 0.733.